The third-order valence-corrected chi connectivity index (χ3v) is 18.6. The van der Waals surface area contributed by atoms with Crippen molar-refractivity contribution < 1.29 is 0 Å². The van der Waals surface area contributed by atoms with Crippen LogP contribution in [0, 0.1) is 0 Å². The first-order valence-corrected chi connectivity index (χ1v) is 27.6. The normalized spacial score (nSPS) is 15.2. The highest BCUT2D eigenvalue weighted by Gasteiger charge is 2.51. The van der Waals surface area contributed by atoms with E-state index in [0.717, 1.165) is 17.1 Å². The van der Waals surface area contributed by atoms with Gasteiger partial charge >= 0.3 is 0 Å². The second kappa shape index (κ2) is 16.0. The molecule has 2 nitrogen and oxygen atoms in total. The fourth-order valence-electron chi connectivity index (χ4n) is 14.4. The van der Waals surface area contributed by atoms with Crippen molar-refractivity contribution in [2.24, 2.45) is 0 Å². The van der Waals surface area contributed by atoms with Crippen molar-refractivity contribution in [1.82, 2.24) is 4.57 Å². The molecule has 1 unspecified atom stereocenters. The van der Waals surface area contributed by atoms with Gasteiger partial charge in [-0.25, -0.2) is 0 Å². The molecule has 3 heteroatoms. The minimum Gasteiger partial charge on any atom is -0.310 e. The summed E-state index contributed by atoms with van der Waals surface area (Å²) < 4.78 is 5.16. The van der Waals surface area contributed by atoms with Crippen molar-refractivity contribution in [3.63, 3.8) is 0 Å². The van der Waals surface area contributed by atoms with E-state index < -0.39 is 10.8 Å². The highest BCUT2D eigenvalue weighted by atomic mass is 32.1. The van der Waals surface area contributed by atoms with Crippen LogP contribution in [0.4, 0.5) is 17.1 Å². The van der Waals surface area contributed by atoms with E-state index in [1.165, 1.54) is 126 Å². The van der Waals surface area contributed by atoms with Crippen molar-refractivity contribution in [2.45, 2.75) is 10.8 Å². The maximum Gasteiger partial charge on any atom is 0.0755 e. The van der Waals surface area contributed by atoms with E-state index in [9.17, 15) is 0 Å². The van der Waals surface area contributed by atoms with Gasteiger partial charge in [0.1, 0.15) is 0 Å². The zero-order valence-electron chi connectivity index (χ0n) is 41.9. The van der Waals surface area contributed by atoms with Gasteiger partial charge in [0, 0.05) is 48.0 Å². The molecule has 358 valence electrons. The van der Waals surface area contributed by atoms with Crippen LogP contribution in [0.1, 0.15) is 44.5 Å². The van der Waals surface area contributed by atoms with Gasteiger partial charge in [0.05, 0.1) is 27.6 Å². The van der Waals surface area contributed by atoms with E-state index >= 15 is 0 Å². The molecule has 14 aromatic rings. The Hall–Kier alpha value is -9.54. The Balaban J connectivity index is 0.946. The third kappa shape index (κ3) is 5.68. The minimum absolute atomic E-state index is 0.566. The number of para-hydroxylation sites is 3. The lowest BCUT2D eigenvalue weighted by Crippen LogP contribution is -2.33. The van der Waals surface area contributed by atoms with E-state index in [4.69, 9.17) is 0 Å². The number of hydrogen-bond acceptors (Lipinski definition) is 2. The number of benzene rings is 12. The zero-order valence-corrected chi connectivity index (χ0v) is 42.7. The summed E-state index contributed by atoms with van der Waals surface area (Å²) in [5.74, 6) is 0. The number of aromatic nitrogens is 1. The molecule has 12 aromatic carbocycles. The molecular formula is C74H46N2S. The number of anilines is 3. The molecule has 77 heavy (non-hydrogen) atoms. The van der Waals surface area contributed by atoms with Crippen LogP contribution in [0.3, 0.4) is 0 Å². The van der Waals surface area contributed by atoms with E-state index in [0.29, 0.717) is 0 Å². The van der Waals surface area contributed by atoms with Crippen LogP contribution in [-0.2, 0) is 10.8 Å². The maximum atomic E-state index is 2.54. The third-order valence-electron chi connectivity index (χ3n) is 17.4. The lowest BCUT2D eigenvalue weighted by Gasteiger charge is -2.40. The molecule has 1 spiro atoms. The summed E-state index contributed by atoms with van der Waals surface area (Å²) in [6, 6.07) is 105. The fourth-order valence-corrected chi connectivity index (χ4v) is 15.5. The number of fused-ring (bicyclic) bond motifs is 18. The maximum absolute atomic E-state index is 2.54. The van der Waals surface area contributed by atoms with Crippen molar-refractivity contribution in [3.8, 4) is 39.1 Å². The Bertz CT molecular complexity index is 4730. The van der Waals surface area contributed by atoms with Gasteiger partial charge in [0.2, 0.25) is 0 Å². The zero-order chi connectivity index (χ0) is 50.4. The van der Waals surface area contributed by atoms with E-state index in [2.05, 4.69) is 289 Å². The monoisotopic (exact) mass is 994 g/mol. The molecule has 17 rings (SSSR count). The van der Waals surface area contributed by atoms with Gasteiger partial charge in [0.25, 0.3) is 0 Å². The summed E-state index contributed by atoms with van der Waals surface area (Å²) in [5.41, 5.74) is 23.6. The topological polar surface area (TPSA) is 8.17 Å². The quantitative estimate of drug-likeness (QED) is 0.161. The predicted molar refractivity (Wildman–Crippen MR) is 322 cm³/mol. The fraction of sp³-hybridized carbons (Fsp3) is 0.0270. The van der Waals surface area contributed by atoms with Crippen LogP contribution >= 0.6 is 11.3 Å². The lowest BCUT2D eigenvalue weighted by molar-refractivity contribution is 0.748. The van der Waals surface area contributed by atoms with Crippen LogP contribution in [0.25, 0.3) is 81.0 Å². The molecule has 3 aliphatic rings. The molecule has 2 aromatic heterocycles. The first-order valence-electron chi connectivity index (χ1n) is 26.7. The predicted octanol–water partition coefficient (Wildman–Crippen LogP) is 19.3. The van der Waals surface area contributed by atoms with Crippen molar-refractivity contribution >= 4 is 70.4 Å². The van der Waals surface area contributed by atoms with Gasteiger partial charge in [-0.2, -0.15) is 0 Å². The summed E-state index contributed by atoms with van der Waals surface area (Å²) >= 11 is 1.87. The SMILES string of the molecule is c1ccc(C2(c3ccccc3)c3ccccc3-c3ccc(N(c4cccc(-c5ccc6sc7ccccc7c6c5)c4)c4ccc5c(c4)C4(c6ccccc6-5)c5ccccc5-n5c6ccccc6c6cccc4c65)cc32)cc1. The van der Waals surface area contributed by atoms with Gasteiger partial charge in [-0.15, -0.1) is 11.3 Å². The van der Waals surface area contributed by atoms with Gasteiger partial charge in [0.15, 0.2) is 0 Å². The molecule has 2 aliphatic carbocycles. The molecule has 0 bridgehead atoms. The number of thiophene rings is 1. The van der Waals surface area contributed by atoms with Crippen molar-refractivity contribution in [3.05, 3.63) is 324 Å². The number of hydrogen-bond donors (Lipinski definition) is 0. The minimum atomic E-state index is -0.607. The molecule has 0 fully saturated rings. The first kappa shape index (κ1) is 42.8. The lowest BCUT2D eigenvalue weighted by atomic mass is 9.65. The summed E-state index contributed by atoms with van der Waals surface area (Å²) in [4.78, 5) is 2.54. The summed E-state index contributed by atoms with van der Waals surface area (Å²) in [7, 11) is 0. The van der Waals surface area contributed by atoms with Crippen LogP contribution in [0.5, 0.6) is 0 Å². The van der Waals surface area contributed by atoms with Crippen LogP contribution in [0.15, 0.2) is 279 Å². The Morgan fingerprint density at radius 3 is 1.56 bits per heavy atom. The Morgan fingerprint density at radius 2 is 0.818 bits per heavy atom. The smallest absolute Gasteiger partial charge is 0.0755 e. The Morgan fingerprint density at radius 1 is 0.299 bits per heavy atom. The largest absolute Gasteiger partial charge is 0.310 e. The van der Waals surface area contributed by atoms with Gasteiger partial charge < -0.3 is 9.47 Å². The van der Waals surface area contributed by atoms with E-state index in [1.807, 2.05) is 11.3 Å². The van der Waals surface area contributed by atoms with Crippen molar-refractivity contribution in [1.29, 1.82) is 0 Å². The van der Waals surface area contributed by atoms with Crippen LogP contribution in [-0.4, -0.2) is 4.57 Å². The second-order valence-corrected chi connectivity index (χ2v) is 22.1. The summed E-state index contributed by atoms with van der Waals surface area (Å²) in [6.07, 6.45) is 0. The van der Waals surface area contributed by atoms with Crippen LogP contribution < -0.4 is 4.90 Å². The summed E-state index contributed by atoms with van der Waals surface area (Å²) in [6.45, 7) is 0. The molecule has 0 radical (unpaired) electrons. The summed E-state index contributed by atoms with van der Waals surface area (Å²) in [5, 5.41) is 5.15. The Kier molecular flexibility index (Phi) is 8.88. The number of rotatable bonds is 6. The number of nitrogens with zero attached hydrogens (tertiary/aromatic N) is 2. The van der Waals surface area contributed by atoms with Crippen LogP contribution in [0.2, 0.25) is 0 Å². The molecule has 0 saturated carbocycles. The van der Waals surface area contributed by atoms with Gasteiger partial charge in [-0.3, -0.25) is 0 Å². The molecule has 1 atom stereocenters. The first-order chi connectivity index (χ1) is 38.2. The average molecular weight is 995 g/mol. The van der Waals surface area contributed by atoms with E-state index in [-0.39, 0.29) is 0 Å². The second-order valence-electron chi connectivity index (χ2n) is 21.0. The van der Waals surface area contributed by atoms with Gasteiger partial charge in [-0.1, -0.05) is 212 Å². The average Bonchev–Trinajstić information content (AvgIpc) is 4.06. The molecule has 0 N–H and O–H groups in total. The van der Waals surface area contributed by atoms with Gasteiger partial charge in [-0.05, 0) is 145 Å². The van der Waals surface area contributed by atoms with Crippen molar-refractivity contribution in [2.75, 3.05) is 4.90 Å². The standard InChI is InChI=1S/C74H46N2S/c1-3-20-49(21-4-1)73(50-22-5-2-6-23-50)62-30-11-7-25-54(62)56-40-38-52(45-66(56)73)75(51-24-17-19-47(43-51)48-37-42-71-61(44-48)59-28-10-16-36-70(59)77-71)53-39-41-57-55-26-8-12-31-63(55)74(67(57)46-53)64-32-13-15-35-69(64)76-68-34-14-9-27-58(68)60-29-18-33-65(74)72(60)76/h1-46H. The highest BCUT2D eigenvalue weighted by molar-refractivity contribution is 7.25. The molecule has 0 saturated heterocycles. The van der Waals surface area contributed by atoms with E-state index in [1.54, 1.807) is 0 Å². The highest BCUT2D eigenvalue weighted by Crippen LogP contribution is 2.63. The molecule has 3 heterocycles. The molecule has 1 aliphatic heterocycles. The Labute approximate surface area is 450 Å². The molecular weight excluding hydrogens is 949 g/mol. The molecule has 0 amide bonds.